The molecule has 1 aliphatic carbocycles. The number of rotatable bonds is 6. The van der Waals surface area contributed by atoms with Gasteiger partial charge in [0.1, 0.15) is 5.54 Å². The van der Waals surface area contributed by atoms with Crippen LogP contribution in [0.3, 0.4) is 0 Å². The van der Waals surface area contributed by atoms with Crippen molar-refractivity contribution in [3.05, 3.63) is 0 Å². The molecule has 0 aromatic carbocycles. The van der Waals surface area contributed by atoms with E-state index in [0.717, 1.165) is 38.7 Å². The fourth-order valence-corrected chi connectivity index (χ4v) is 3.27. The summed E-state index contributed by atoms with van der Waals surface area (Å²) in [5.74, 6) is 0.0685. The summed E-state index contributed by atoms with van der Waals surface area (Å²) in [5.41, 5.74) is 5.05. The van der Waals surface area contributed by atoms with E-state index in [1.807, 2.05) is 7.05 Å². The highest BCUT2D eigenvalue weighted by molar-refractivity contribution is 5.85. The van der Waals surface area contributed by atoms with E-state index in [4.69, 9.17) is 15.2 Å². The van der Waals surface area contributed by atoms with Crippen molar-refractivity contribution in [3.63, 3.8) is 0 Å². The predicted octanol–water partition coefficient (Wildman–Crippen LogP) is 0.426. The highest BCUT2D eigenvalue weighted by Crippen LogP contribution is 2.37. The summed E-state index contributed by atoms with van der Waals surface area (Å²) in [4.78, 5) is 11.7. The molecule has 2 aliphatic rings. The normalized spacial score (nSPS) is 36.1. The molecule has 1 heterocycles. The number of likely N-dealkylation sites (N-methyl/N-ethyl adjacent to an activating group) is 1. The number of nitrogens with one attached hydrogen (secondary N) is 1. The largest absolute Gasteiger partial charge is 0.379 e. The van der Waals surface area contributed by atoms with Crippen LogP contribution in [-0.2, 0) is 14.3 Å². The van der Waals surface area contributed by atoms with Gasteiger partial charge in [-0.05, 0) is 38.6 Å². The molecule has 0 radical (unpaired) electrons. The molecular weight excluding hydrogens is 232 g/mol. The van der Waals surface area contributed by atoms with E-state index in [-0.39, 0.29) is 12.0 Å². The van der Waals surface area contributed by atoms with Crippen LogP contribution in [0.1, 0.15) is 32.1 Å². The molecule has 1 aliphatic heterocycles. The molecule has 1 saturated heterocycles. The van der Waals surface area contributed by atoms with E-state index in [2.05, 4.69) is 5.32 Å². The van der Waals surface area contributed by atoms with Crippen LogP contribution in [0.2, 0.25) is 0 Å². The maximum absolute atomic E-state index is 11.7. The highest BCUT2D eigenvalue weighted by atomic mass is 16.5. The lowest BCUT2D eigenvalue weighted by molar-refractivity contribution is -0.126. The molecule has 1 saturated carbocycles. The van der Waals surface area contributed by atoms with Crippen LogP contribution in [0.25, 0.3) is 0 Å². The molecule has 0 aromatic rings. The number of carbonyl (C=O) groups excluding carboxylic acids is 1. The molecule has 0 spiro atoms. The van der Waals surface area contributed by atoms with Crippen molar-refractivity contribution in [1.29, 1.82) is 0 Å². The van der Waals surface area contributed by atoms with Crippen LogP contribution in [-0.4, -0.2) is 44.4 Å². The Balaban J connectivity index is 1.81. The second kappa shape index (κ2) is 5.99. The van der Waals surface area contributed by atoms with E-state index >= 15 is 0 Å². The van der Waals surface area contributed by atoms with Crippen molar-refractivity contribution in [2.75, 3.05) is 26.9 Å². The first kappa shape index (κ1) is 13.8. The first-order valence-corrected chi connectivity index (χ1v) is 6.87. The molecule has 3 atom stereocenters. The van der Waals surface area contributed by atoms with Crippen LogP contribution < -0.4 is 11.1 Å². The lowest BCUT2D eigenvalue weighted by Gasteiger charge is -2.32. The van der Waals surface area contributed by atoms with Crippen LogP contribution in [0.15, 0.2) is 0 Å². The van der Waals surface area contributed by atoms with Gasteiger partial charge in [0.05, 0.1) is 12.7 Å². The Morgan fingerprint density at radius 2 is 2.39 bits per heavy atom. The Labute approximate surface area is 108 Å². The Morgan fingerprint density at radius 1 is 1.56 bits per heavy atom. The van der Waals surface area contributed by atoms with Crippen molar-refractivity contribution in [2.24, 2.45) is 11.7 Å². The van der Waals surface area contributed by atoms with Gasteiger partial charge < -0.3 is 20.5 Å². The summed E-state index contributed by atoms with van der Waals surface area (Å²) >= 11 is 0. The van der Waals surface area contributed by atoms with Crippen LogP contribution in [0.5, 0.6) is 0 Å². The highest BCUT2D eigenvalue weighted by Gasteiger charge is 2.46. The first-order chi connectivity index (χ1) is 8.69. The zero-order valence-electron chi connectivity index (χ0n) is 11.1. The number of hydrogen-bond acceptors (Lipinski definition) is 4. The van der Waals surface area contributed by atoms with Gasteiger partial charge in [0.25, 0.3) is 0 Å². The Hall–Kier alpha value is -0.650. The molecule has 18 heavy (non-hydrogen) atoms. The quantitative estimate of drug-likeness (QED) is 0.722. The van der Waals surface area contributed by atoms with Crippen LogP contribution in [0.4, 0.5) is 0 Å². The molecule has 2 rings (SSSR count). The second-order valence-electron chi connectivity index (χ2n) is 5.32. The molecule has 1 amide bonds. The van der Waals surface area contributed by atoms with Gasteiger partial charge in [0.2, 0.25) is 5.91 Å². The first-order valence-electron chi connectivity index (χ1n) is 6.87. The molecular formula is C13H24N2O3. The average Bonchev–Trinajstić information content (AvgIpc) is 2.98. The van der Waals surface area contributed by atoms with Crippen molar-refractivity contribution in [1.82, 2.24) is 5.32 Å². The minimum absolute atomic E-state index is 0.225. The van der Waals surface area contributed by atoms with Crippen molar-refractivity contribution < 1.29 is 14.3 Å². The minimum atomic E-state index is -0.518. The Bertz CT molecular complexity index is 292. The maximum Gasteiger partial charge on any atom is 0.238 e. The lowest BCUT2D eigenvalue weighted by atomic mass is 9.84. The second-order valence-corrected chi connectivity index (χ2v) is 5.32. The molecule has 3 N–H and O–H groups in total. The van der Waals surface area contributed by atoms with E-state index in [0.29, 0.717) is 19.1 Å². The van der Waals surface area contributed by atoms with Gasteiger partial charge in [0, 0.05) is 13.2 Å². The number of primary amides is 1. The van der Waals surface area contributed by atoms with Crippen LogP contribution in [0, 0.1) is 5.92 Å². The zero-order chi connectivity index (χ0) is 13.0. The van der Waals surface area contributed by atoms with Gasteiger partial charge in [-0.15, -0.1) is 0 Å². The molecule has 0 aromatic heterocycles. The lowest BCUT2D eigenvalue weighted by Crippen LogP contribution is -2.56. The van der Waals surface area contributed by atoms with Gasteiger partial charge in [-0.1, -0.05) is 6.42 Å². The fourth-order valence-electron chi connectivity index (χ4n) is 3.27. The summed E-state index contributed by atoms with van der Waals surface area (Å²) in [6, 6.07) is 0. The molecule has 5 heteroatoms. The topological polar surface area (TPSA) is 73.6 Å². The average molecular weight is 256 g/mol. The molecule has 2 fully saturated rings. The van der Waals surface area contributed by atoms with Crippen molar-refractivity contribution in [3.8, 4) is 0 Å². The maximum atomic E-state index is 11.7. The standard InChI is InChI=1S/C13H24N2O3/c1-15-13(12(14)16)6-2-3-10(13)4-8-18-11-5-7-17-9-11/h10-11,15H,2-9H2,1H3,(H2,14,16). The third kappa shape index (κ3) is 2.68. The molecule has 0 bridgehead atoms. The number of hydrogen-bond donors (Lipinski definition) is 2. The van der Waals surface area contributed by atoms with Gasteiger partial charge in [-0.25, -0.2) is 0 Å². The minimum Gasteiger partial charge on any atom is -0.379 e. The third-order valence-electron chi connectivity index (χ3n) is 4.41. The third-order valence-corrected chi connectivity index (χ3v) is 4.41. The Kier molecular flexibility index (Phi) is 4.59. The number of amides is 1. The van der Waals surface area contributed by atoms with Crippen molar-refractivity contribution >= 4 is 5.91 Å². The van der Waals surface area contributed by atoms with Gasteiger partial charge in [-0.3, -0.25) is 4.79 Å². The van der Waals surface area contributed by atoms with Gasteiger partial charge >= 0.3 is 0 Å². The van der Waals surface area contributed by atoms with E-state index < -0.39 is 5.54 Å². The number of carbonyl (C=O) groups is 1. The monoisotopic (exact) mass is 256 g/mol. The summed E-state index contributed by atoms with van der Waals surface area (Å²) < 4.78 is 11.0. The number of ether oxygens (including phenoxy) is 2. The number of nitrogens with two attached hydrogens (primary N) is 1. The summed E-state index contributed by atoms with van der Waals surface area (Å²) in [6.07, 6.45) is 5.06. The predicted molar refractivity (Wildman–Crippen MR) is 68.1 cm³/mol. The SMILES string of the molecule is CNC1(C(N)=O)CCCC1CCOC1CCOC1. The Morgan fingerprint density at radius 3 is 3.00 bits per heavy atom. The van der Waals surface area contributed by atoms with Gasteiger partial charge in [-0.2, -0.15) is 0 Å². The summed E-state index contributed by atoms with van der Waals surface area (Å²) in [5, 5.41) is 3.15. The molecule has 5 nitrogen and oxygen atoms in total. The summed E-state index contributed by atoms with van der Waals surface area (Å²) in [6.45, 7) is 2.20. The fraction of sp³-hybridized carbons (Fsp3) is 0.923. The van der Waals surface area contributed by atoms with Gasteiger partial charge in [0.15, 0.2) is 0 Å². The summed E-state index contributed by atoms with van der Waals surface area (Å²) in [7, 11) is 1.83. The van der Waals surface area contributed by atoms with E-state index in [1.54, 1.807) is 0 Å². The zero-order valence-corrected chi connectivity index (χ0v) is 11.1. The van der Waals surface area contributed by atoms with E-state index in [9.17, 15) is 4.79 Å². The van der Waals surface area contributed by atoms with Crippen LogP contribution >= 0.6 is 0 Å². The van der Waals surface area contributed by atoms with E-state index in [1.165, 1.54) is 0 Å². The smallest absolute Gasteiger partial charge is 0.238 e. The molecule has 104 valence electrons. The molecule has 3 unspecified atom stereocenters. The van der Waals surface area contributed by atoms with Crippen molar-refractivity contribution in [2.45, 2.75) is 43.7 Å².